The summed E-state index contributed by atoms with van der Waals surface area (Å²) in [7, 11) is 0. The highest BCUT2D eigenvalue weighted by atomic mass is 79.9. The van der Waals surface area contributed by atoms with Crippen LogP contribution in [0.1, 0.15) is 35.2 Å². The summed E-state index contributed by atoms with van der Waals surface area (Å²) < 4.78 is 1.01. The molecule has 2 aromatic rings. The van der Waals surface area contributed by atoms with Gasteiger partial charge in [-0.3, -0.25) is 4.79 Å². The molecule has 3 nitrogen and oxygen atoms in total. The highest BCUT2D eigenvalue weighted by molar-refractivity contribution is 9.10. The van der Waals surface area contributed by atoms with Crippen LogP contribution in [0.5, 0.6) is 0 Å². The molecule has 0 atom stereocenters. The smallest absolute Gasteiger partial charge is 0.255 e. The van der Waals surface area contributed by atoms with Crippen LogP contribution in [-0.4, -0.2) is 10.9 Å². The molecule has 21 heavy (non-hydrogen) atoms. The molecule has 1 aliphatic rings. The SMILES string of the molecule is O=C(NC1(c2cccc(Br)c2)CCC1)c1cccnc1Cl. The zero-order valence-electron chi connectivity index (χ0n) is 11.3. The van der Waals surface area contributed by atoms with E-state index in [1.165, 1.54) is 0 Å². The number of amides is 1. The van der Waals surface area contributed by atoms with Gasteiger partial charge in [-0.2, -0.15) is 0 Å². The van der Waals surface area contributed by atoms with Crippen molar-refractivity contribution in [3.05, 3.63) is 63.3 Å². The third-order valence-electron chi connectivity index (χ3n) is 3.94. The molecule has 3 rings (SSSR count). The van der Waals surface area contributed by atoms with Gasteiger partial charge < -0.3 is 5.32 Å². The summed E-state index contributed by atoms with van der Waals surface area (Å²) in [6, 6.07) is 11.5. The van der Waals surface area contributed by atoms with Crippen LogP contribution >= 0.6 is 27.5 Å². The number of hydrogen-bond acceptors (Lipinski definition) is 2. The molecule has 1 amide bonds. The van der Waals surface area contributed by atoms with E-state index < -0.39 is 0 Å². The summed E-state index contributed by atoms with van der Waals surface area (Å²) in [5.41, 5.74) is 1.25. The van der Waals surface area contributed by atoms with E-state index in [1.54, 1.807) is 18.3 Å². The van der Waals surface area contributed by atoms with Gasteiger partial charge in [-0.1, -0.05) is 39.7 Å². The van der Waals surface area contributed by atoms with Crippen LogP contribution in [0.3, 0.4) is 0 Å². The maximum Gasteiger partial charge on any atom is 0.255 e. The molecule has 108 valence electrons. The summed E-state index contributed by atoms with van der Waals surface area (Å²) in [6.07, 6.45) is 4.56. The lowest BCUT2D eigenvalue weighted by Crippen LogP contribution is -2.50. The van der Waals surface area contributed by atoms with Crippen molar-refractivity contribution in [3.8, 4) is 0 Å². The summed E-state index contributed by atoms with van der Waals surface area (Å²) in [4.78, 5) is 16.4. The van der Waals surface area contributed by atoms with Crippen molar-refractivity contribution in [2.75, 3.05) is 0 Å². The topological polar surface area (TPSA) is 42.0 Å². The molecular formula is C16H14BrClN2O. The Morgan fingerprint density at radius 1 is 1.29 bits per heavy atom. The van der Waals surface area contributed by atoms with Crippen LogP contribution < -0.4 is 5.32 Å². The minimum Gasteiger partial charge on any atom is -0.342 e. The van der Waals surface area contributed by atoms with Gasteiger partial charge in [-0.15, -0.1) is 0 Å². The monoisotopic (exact) mass is 364 g/mol. The maximum absolute atomic E-state index is 12.5. The molecule has 0 aliphatic heterocycles. The molecule has 1 aromatic carbocycles. The quantitative estimate of drug-likeness (QED) is 0.824. The molecule has 0 saturated heterocycles. The van der Waals surface area contributed by atoms with Crippen molar-refractivity contribution in [1.29, 1.82) is 0 Å². The van der Waals surface area contributed by atoms with Crippen LogP contribution in [0.4, 0.5) is 0 Å². The Balaban J connectivity index is 1.88. The Morgan fingerprint density at radius 2 is 2.10 bits per heavy atom. The first-order valence-electron chi connectivity index (χ1n) is 6.80. The molecule has 1 aromatic heterocycles. The van der Waals surface area contributed by atoms with E-state index in [0.29, 0.717) is 5.56 Å². The maximum atomic E-state index is 12.5. The van der Waals surface area contributed by atoms with Crippen LogP contribution in [0.2, 0.25) is 5.15 Å². The number of aromatic nitrogens is 1. The predicted octanol–water partition coefficient (Wildman–Crippen LogP) is 4.31. The van der Waals surface area contributed by atoms with Crippen molar-refractivity contribution in [3.63, 3.8) is 0 Å². The second kappa shape index (κ2) is 5.78. The second-order valence-electron chi connectivity index (χ2n) is 5.24. The van der Waals surface area contributed by atoms with Crippen LogP contribution in [0.25, 0.3) is 0 Å². The van der Waals surface area contributed by atoms with E-state index in [9.17, 15) is 4.79 Å². The fourth-order valence-corrected chi connectivity index (χ4v) is 3.25. The molecule has 0 radical (unpaired) electrons. The number of hydrogen-bond donors (Lipinski definition) is 1. The average molecular weight is 366 g/mol. The lowest BCUT2D eigenvalue weighted by molar-refractivity contribution is 0.0823. The van der Waals surface area contributed by atoms with Gasteiger partial charge >= 0.3 is 0 Å². The molecule has 1 fully saturated rings. The molecule has 0 bridgehead atoms. The van der Waals surface area contributed by atoms with Gasteiger partial charge in [0.25, 0.3) is 5.91 Å². The molecule has 5 heteroatoms. The molecule has 0 unspecified atom stereocenters. The predicted molar refractivity (Wildman–Crippen MR) is 86.4 cm³/mol. The van der Waals surface area contributed by atoms with Gasteiger partial charge in [0.1, 0.15) is 5.15 Å². The van der Waals surface area contributed by atoms with Crippen LogP contribution in [-0.2, 0) is 5.54 Å². The Kier molecular flexibility index (Phi) is 4.00. The minimum atomic E-state index is -0.292. The number of pyridine rings is 1. The van der Waals surface area contributed by atoms with E-state index in [0.717, 1.165) is 29.3 Å². The zero-order chi connectivity index (χ0) is 14.9. The largest absolute Gasteiger partial charge is 0.342 e. The van der Waals surface area contributed by atoms with Crippen LogP contribution in [0, 0.1) is 0 Å². The first-order valence-corrected chi connectivity index (χ1v) is 7.97. The number of rotatable bonds is 3. The highest BCUT2D eigenvalue weighted by Gasteiger charge is 2.40. The summed E-state index contributed by atoms with van der Waals surface area (Å²) in [6.45, 7) is 0. The fourth-order valence-electron chi connectivity index (χ4n) is 2.64. The lowest BCUT2D eigenvalue weighted by atomic mass is 9.71. The van der Waals surface area contributed by atoms with Gasteiger partial charge in [0, 0.05) is 10.7 Å². The third-order valence-corrected chi connectivity index (χ3v) is 4.74. The standard InChI is InChI=1S/C16H14BrClN2O/c17-12-5-1-4-11(10-12)16(7-3-8-16)20-15(21)13-6-2-9-19-14(13)18/h1-2,4-6,9-10H,3,7-8H2,(H,20,21). The van der Waals surface area contributed by atoms with E-state index in [4.69, 9.17) is 11.6 Å². The fraction of sp³-hybridized carbons (Fsp3) is 0.250. The number of carbonyl (C=O) groups is 1. The van der Waals surface area contributed by atoms with Gasteiger partial charge in [-0.05, 0) is 49.1 Å². The van der Waals surface area contributed by atoms with Gasteiger partial charge in [0.2, 0.25) is 0 Å². The molecule has 0 spiro atoms. The Hall–Kier alpha value is -1.39. The van der Waals surface area contributed by atoms with E-state index in [-0.39, 0.29) is 16.6 Å². The zero-order valence-corrected chi connectivity index (χ0v) is 13.6. The number of nitrogens with zero attached hydrogens (tertiary/aromatic N) is 1. The second-order valence-corrected chi connectivity index (χ2v) is 6.52. The molecule has 1 saturated carbocycles. The van der Waals surface area contributed by atoms with Crippen molar-refractivity contribution in [1.82, 2.24) is 10.3 Å². The third kappa shape index (κ3) is 2.83. The van der Waals surface area contributed by atoms with Crippen molar-refractivity contribution >= 4 is 33.4 Å². The highest BCUT2D eigenvalue weighted by Crippen LogP contribution is 2.42. The number of carbonyl (C=O) groups excluding carboxylic acids is 1. The number of nitrogens with one attached hydrogen (secondary N) is 1. The van der Waals surface area contributed by atoms with Gasteiger partial charge in [0.05, 0.1) is 11.1 Å². The summed E-state index contributed by atoms with van der Waals surface area (Å²) in [5, 5.41) is 3.38. The normalized spacial score (nSPS) is 16.1. The first-order chi connectivity index (χ1) is 10.1. The Morgan fingerprint density at radius 3 is 2.71 bits per heavy atom. The molecule has 1 aliphatic carbocycles. The van der Waals surface area contributed by atoms with E-state index >= 15 is 0 Å². The van der Waals surface area contributed by atoms with E-state index in [1.807, 2.05) is 12.1 Å². The van der Waals surface area contributed by atoms with Crippen molar-refractivity contribution < 1.29 is 4.79 Å². The Bertz CT molecular complexity index is 685. The summed E-state index contributed by atoms with van der Waals surface area (Å²) in [5.74, 6) is -0.173. The van der Waals surface area contributed by atoms with Crippen LogP contribution in [0.15, 0.2) is 47.1 Å². The van der Waals surface area contributed by atoms with Crippen molar-refractivity contribution in [2.45, 2.75) is 24.8 Å². The van der Waals surface area contributed by atoms with E-state index in [2.05, 4.69) is 38.4 Å². The minimum absolute atomic E-state index is 0.173. The van der Waals surface area contributed by atoms with Gasteiger partial charge in [-0.25, -0.2) is 4.98 Å². The summed E-state index contributed by atoms with van der Waals surface area (Å²) >= 11 is 9.49. The average Bonchev–Trinajstić information content (AvgIpc) is 2.43. The lowest BCUT2D eigenvalue weighted by Gasteiger charge is -2.43. The number of halogens is 2. The first kappa shape index (κ1) is 14.5. The molecular weight excluding hydrogens is 352 g/mol. The molecule has 1 N–H and O–H groups in total. The Labute approximate surface area is 136 Å². The van der Waals surface area contributed by atoms with Crippen molar-refractivity contribution in [2.24, 2.45) is 0 Å². The van der Waals surface area contributed by atoms with Gasteiger partial charge in [0.15, 0.2) is 0 Å². The molecule has 1 heterocycles. The number of benzene rings is 1.